The number of aliphatic imine (C=N–C) groups is 1. The second-order valence-corrected chi connectivity index (χ2v) is 8.15. The van der Waals surface area contributed by atoms with Crippen LogP contribution in [0.25, 0.3) is 0 Å². The average Bonchev–Trinajstić information content (AvgIpc) is 3.19. The predicted octanol–water partition coefficient (Wildman–Crippen LogP) is 4.48. The SMILES string of the molecule is CCOC(=O)c1ccc(NC(=O)N2CCC(C(=O)c3ccc4c(c3)C(C)N=C4)CC2)cc1. The lowest BCUT2D eigenvalue weighted by Gasteiger charge is -2.31. The van der Waals surface area contributed by atoms with Crippen LogP contribution in [0.15, 0.2) is 47.5 Å². The van der Waals surface area contributed by atoms with Crippen LogP contribution < -0.4 is 5.32 Å². The predicted molar refractivity (Wildman–Crippen MR) is 122 cm³/mol. The van der Waals surface area contributed by atoms with E-state index in [-0.39, 0.29) is 29.7 Å². The Balaban J connectivity index is 1.31. The Morgan fingerprint density at radius 1 is 1.06 bits per heavy atom. The number of hydrogen-bond acceptors (Lipinski definition) is 5. The van der Waals surface area contributed by atoms with Crippen LogP contribution in [0.4, 0.5) is 10.5 Å². The number of hydrogen-bond donors (Lipinski definition) is 1. The molecule has 2 aromatic carbocycles. The number of esters is 1. The van der Waals surface area contributed by atoms with Gasteiger partial charge in [-0.1, -0.05) is 12.1 Å². The second kappa shape index (κ2) is 9.34. The minimum atomic E-state index is -0.387. The Morgan fingerprint density at radius 3 is 2.44 bits per heavy atom. The summed E-state index contributed by atoms with van der Waals surface area (Å²) in [6.45, 7) is 5.14. The van der Waals surface area contributed by atoms with E-state index in [1.165, 1.54) is 0 Å². The maximum Gasteiger partial charge on any atom is 0.338 e. The van der Waals surface area contributed by atoms with Gasteiger partial charge in [-0.3, -0.25) is 9.79 Å². The first-order valence-electron chi connectivity index (χ1n) is 11.0. The van der Waals surface area contributed by atoms with E-state index < -0.39 is 0 Å². The van der Waals surface area contributed by atoms with Gasteiger partial charge in [0.1, 0.15) is 0 Å². The lowest BCUT2D eigenvalue weighted by Crippen LogP contribution is -2.42. The van der Waals surface area contributed by atoms with E-state index in [0.717, 1.165) is 16.7 Å². The Kier molecular flexibility index (Phi) is 6.35. The first-order valence-corrected chi connectivity index (χ1v) is 11.0. The topological polar surface area (TPSA) is 88.1 Å². The Morgan fingerprint density at radius 2 is 1.75 bits per heavy atom. The normalized spacial score (nSPS) is 17.7. The van der Waals surface area contributed by atoms with Crippen molar-refractivity contribution in [2.45, 2.75) is 32.7 Å². The van der Waals surface area contributed by atoms with Crippen LogP contribution >= 0.6 is 0 Å². The molecule has 2 aliphatic heterocycles. The van der Waals surface area contributed by atoms with Crippen molar-refractivity contribution < 1.29 is 19.1 Å². The monoisotopic (exact) mass is 433 g/mol. The largest absolute Gasteiger partial charge is 0.462 e. The molecule has 32 heavy (non-hydrogen) atoms. The van der Waals surface area contributed by atoms with E-state index in [1.54, 1.807) is 36.1 Å². The van der Waals surface area contributed by atoms with E-state index in [1.807, 2.05) is 31.3 Å². The van der Waals surface area contributed by atoms with Gasteiger partial charge >= 0.3 is 12.0 Å². The average molecular weight is 434 g/mol. The highest BCUT2D eigenvalue weighted by molar-refractivity contribution is 5.99. The molecule has 7 heteroatoms. The summed E-state index contributed by atoms with van der Waals surface area (Å²) in [7, 11) is 0. The van der Waals surface area contributed by atoms with Crippen molar-refractivity contribution in [3.63, 3.8) is 0 Å². The van der Waals surface area contributed by atoms with Crippen molar-refractivity contribution in [3.8, 4) is 0 Å². The molecule has 0 spiro atoms. The summed E-state index contributed by atoms with van der Waals surface area (Å²) in [4.78, 5) is 43.5. The number of anilines is 1. The molecule has 2 aromatic rings. The molecule has 4 rings (SSSR count). The van der Waals surface area contributed by atoms with Crippen molar-refractivity contribution in [3.05, 3.63) is 64.7 Å². The number of urea groups is 1. The zero-order valence-corrected chi connectivity index (χ0v) is 18.3. The third-order valence-corrected chi connectivity index (χ3v) is 6.06. The molecule has 1 N–H and O–H groups in total. The quantitative estimate of drug-likeness (QED) is 0.556. The molecule has 166 valence electrons. The third-order valence-electron chi connectivity index (χ3n) is 6.06. The highest BCUT2D eigenvalue weighted by Crippen LogP contribution is 2.29. The summed E-state index contributed by atoms with van der Waals surface area (Å²) in [5.41, 5.74) is 3.95. The summed E-state index contributed by atoms with van der Waals surface area (Å²) in [6.07, 6.45) is 3.13. The van der Waals surface area contributed by atoms with Gasteiger partial charge < -0.3 is 15.0 Å². The number of ether oxygens (including phenoxy) is 1. The van der Waals surface area contributed by atoms with E-state index >= 15 is 0 Å². The molecule has 2 heterocycles. The molecule has 2 amide bonds. The maximum absolute atomic E-state index is 13.0. The number of carbonyl (C=O) groups is 3. The number of amides is 2. The second-order valence-electron chi connectivity index (χ2n) is 8.15. The number of carbonyl (C=O) groups excluding carboxylic acids is 3. The number of Topliss-reactive ketones (excluding diaryl/α,β-unsaturated/α-hetero) is 1. The van der Waals surface area contributed by atoms with Gasteiger partial charge in [0.15, 0.2) is 5.78 Å². The lowest BCUT2D eigenvalue weighted by molar-refractivity contribution is 0.0526. The fraction of sp³-hybridized carbons (Fsp3) is 0.360. The van der Waals surface area contributed by atoms with Crippen LogP contribution in [0.1, 0.15) is 64.6 Å². The zero-order valence-electron chi connectivity index (χ0n) is 18.3. The summed E-state index contributed by atoms with van der Waals surface area (Å²) in [5, 5.41) is 2.85. The van der Waals surface area contributed by atoms with Gasteiger partial charge in [0.25, 0.3) is 0 Å². The van der Waals surface area contributed by atoms with Gasteiger partial charge in [0.2, 0.25) is 0 Å². The van der Waals surface area contributed by atoms with E-state index in [0.29, 0.717) is 43.8 Å². The molecule has 0 radical (unpaired) electrons. The number of fused-ring (bicyclic) bond motifs is 1. The summed E-state index contributed by atoms with van der Waals surface area (Å²) in [6, 6.07) is 12.3. The Labute approximate surface area is 187 Å². The fourth-order valence-corrected chi connectivity index (χ4v) is 4.17. The minimum absolute atomic E-state index is 0.0846. The first kappa shape index (κ1) is 21.7. The molecule has 1 atom stereocenters. The number of ketones is 1. The van der Waals surface area contributed by atoms with E-state index in [9.17, 15) is 14.4 Å². The van der Waals surface area contributed by atoms with Gasteiger partial charge in [-0.05, 0) is 68.1 Å². The lowest BCUT2D eigenvalue weighted by atomic mass is 9.87. The van der Waals surface area contributed by atoms with E-state index in [4.69, 9.17) is 4.74 Å². The van der Waals surface area contributed by atoms with Crippen LogP contribution in [0.5, 0.6) is 0 Å². The van der Waals surface area contributed by atoms with Gasteiger partial charge in [-0.2, -0.15) is 0 Å². The van der Waals surface area contributed by atoms with Gasteiger partial charge in [-0.25, -0.2) is 9.59 Å². The number of nitrogens with zero attached hydrogens (tertiary/aromatic N) is 2. The van der Waals surface area contributed by atoms with Crippen LogP contribution in [-0.4, -0.2) is 48.6 Å². The number of likely N-dealkylation sites (tertiary alicyclic amines) is 1. The number of benzene rings is 2. The van der Waals surface area contributed by atoms with Gasteiger partial charge in [0, 0.05) is 36.5 Å². The van der Waals surface area contributed by atoms with Crippen LogP contribution in [-0.2, 0) is 4.74 Å². The van der Waals surface area contributed by atoms with Crippen LogP contribution in [0.3, 0.4) is 0 Å². The molecule has 1 fully saturated rings. The smallest absolute Gasteiger partial charge is 0.338 e. The molecule has 0 aliphatic carbocycles. The Bertz CT molecular complexity index is 1050. The molecule has 1 saturated heterocycles. The van der Waals surface area contributed by atoms with Crippen LogP contribution in [0, 0.1) is 5.92 Å². The van der Waals surface area contributed by atoms with Crippen molar-refractivity contribution in [2.24, 2.45) is 10.9 Å². The zero-order chi connectivity index (χ0) is 22.7. The Hall–Kier alpha value is -3.48. The molecule has 0 aromatic heterocycles. The highest BCUT2D eigenvalue weighted by Gasteiger charge is 2.29. The molecular weight excluding hydrogens is 406 g/mol. The van der Waals surface area contributed by atoms with E-state index in [2.05, 4.69) is 10.3 Å². The highest BCUT2D eigenvalue weighted by atomic mass is 16.5. The summed E-state index contributed by atoms with van der Waals surface area (Å²) >= 11 is 0. The molecular formula is C25H27N3O4. The fourth-order valence-electron chi connectivity index (χ4n) is 4.17. The van der Waals surface area contributed by atoms with Crippen molar-refractivity contribution in [1.29, 1.82) is 0 Å². The number of rotatable bonds is 5. The summed E-state index contributed by atoms with van der Waals surface area (Å²) in [5.74, 6) is -0.331. The van der Waals surface area contributed by atoms with Crippen molar-refractivity contribution >= 4 is 29.7 Å². The van der Waals surface area contributed by atoms with Crippen molar-refractivity contribution in [1.82, 2.24) is 4.90 Å². The molecule has 1 unspecified atom stereocenters. The third kappa shape index (κ3) is 4.56. The number of piperidine rings is 1. The molecule has 0 saturated carbocycles. The first-order chi connectivity index (χ1) is 15.5. The van der Waals surface area contributed by atoms with Gasteiger partial charge in [-0.15, -0.1) is 0 Å². The number of nitrogens with one attached hydrogen (secondary N) is 1. The van der Waals surface area contributed by atoms with Gasteiger partial charge in [0.05, 0.1) is 18.2 Å². The molecule has 7 nitrogen and oxygen atoms in total. The van der Waals surface area contributed by atoms with Crippen LogP contribution in [0.2, 0.25) is 0 Å². The maximum atomic E-state index is 13.0. The molecule has 0 bridgehead atoms. The standard InChI is InChI=1S/C25H27N3O4/c1-3-32-24(30)18-6-8-21(9-7-18)27-25(31)28-12-10-17(11-13-28)23(29)19-4-5-20-15-26-16(2)22(20)14-19/h4-9,14-17H,3,10-13H2,1-2H3,(H,27,31). The minimum Gasteiger partial charge on any atom is -0.462 e. The summed E-state index contributed by atoms with van der Waals surface area (Å²) < 4.78 is 4.96. The molecule has 2 aliphatic rings. The van der Waals surface area contributed by atoms with Crippen molar-refractivity contribution in [2.75, 3.05) is 25.0 Å².